The van der Waals surface area contributed by atoms with Gasteiger partial charge in [0, 0.05) is 30.8 Å². The summed E-state index contributed by atoms with van der Waals surface area (Å²) in [4.78, 5) is 38.3. The number of nitrogens with one attached hydrogen (secondary N) is 1. The highest BCUT2D eigenvalue weighted by molar-refractivity contribution is 6.04. The van der Waals surface area contributed by atoms with E-state index in [1.165, 1.54) is 12.7 Å². The third kappa shape index (κ3) is 4.24. The molecule has 2 aromatic carbocycles. The maximum atomic E-state index is 13.6. The number of aryl methyl sites for hydroxylation is 1. The number of quaternary nitrogens is 1. The first-order valence-corrected chi connectivity index (χ1v) is 10.8. The topological polar surface area (TPSA) is 98.8 Å². The molecule has 0 aromatic heterocycles. The molecule has 1 N–H and O–H groups in total. The van der Waals surface area contributed by atoms with Crippen LogP contribution in [0.15, 0.2) is 42.5 Å². The summed E-state index contributed by atoms with van der Waals surface area (Å²) in [5.74, 6) is -1.52. The smallest absolute Gasteiger partial charge is 0.429 e. The molecule has 2 aromatic rings. The molecule has 2 aliphatic heterocycles. The van der Waals surface area contributed by atoms with Gasteiger partial charge in [-0.15, -0.1) is 0 Å². The molecule has 0 bridgehead atoms. The van der Waals surface area contributed by atoms with Crippen molar-refractivity contribution < 1.29 is 24.2 Å². The number of methoxy groups -OCH3 is 1. The van der Waals surface area contributed by atoms with E-state index < -0.39 is 12.5 Å². The van der Waals surface area contributed by atoms with Crippen LogP contribution in [0.3, 0.4) is 0 Å². The van der Waals surface area contributed by atoms with Gasteiger partial charge in [0.15, 0.2) is 0 Å². The molecule has 0 saturated carbocycles. The number of aliphatic carboxylic acids is 1. The molecule has 0 radical (unpaired) electrons. The van der Waals surface area contributed by atoms with Crippen LogP contribution in [0.2, 0.25) is 0 Å². The third-order valence-corrected chi connectivity index (χ3v) is 6.37. The molecule has 32 heavy (non-hydrogen) atoms. The van der Waals surface area contributed by atoms with Gasteiger partial charge in [0.05, 0.1) is 19.6 Å². The van der Waals surface area contributed by atoms with Crippen LogP contribution in [0.1, 0.15) is 23.1 Å². The van der Waals surface area contributed by atoms with E-state index in [1.807, 2.05) is 42.5 Å². The first-order chi connectivity index (χ1) is 15.4. The Balaban J connectivity index is 1.59. The highest BCUT2D eigenvalue weighted by Gasteiger charge is 2.49. The molecule has 2 amide bonds. The second-order valence-electron chi connectivity index (χ2n) is 8.28. The van der Waals surface area contributed by atoms with Crippen LogP contribution in [0.4, 0.5) is 16.2 Å². The Morgan fingerprint density at radius 3 is 2.66 bits per heavy atom. The number of hydrogen-bond donors (Lipinski definition) is 1. The molecule has 8 heteroatoms. The maximum Gasteiger partial charge on any atom is 0.429 e. The number of nitrogens with zero attached hydrogens (tertiary/aromatic N) is 2. The number of carboxylic acids is 1. The minimum Gasteiger partial charge on any atom is -0.544 e. The molecule has 1 fully saturated rings. The molecular formula is C24H27N3O5. The van der Waals surface area contributed by atoms with Gasteiger partial charge in [-0.2, -0.15) is 0 Å². The zero-order chi connectivity index (χ0) is 22.7. The fourth-order valence-corrected chi connectivity index (χ4v) is 4.55. The van der Waals surface area contributed by atoms with Gasteiger partial charge in [-0.3, -0.25) is 9.69 Å². The third-order valence-electron chi connectivity index (χ3n) is 6.37. The number of benzene rings is 2. The van der Waals surface area contributed by atoms with E-state index in [0.717, 1.165) is 30.6 Å². The SMILES string of the molecule is COC(=O)CCc1ccc(N2CC[N+](CC(=O)[O-])(c3ccc4c(c3)CCNC4)C2=O)cc1. The van der Waals surface area contributed by atoms with E-state index in [-0.39, 0.29) is 22.9 Å². The van der Waals surface area contributed by atoms with Crippen molar-refractivity contribution in [2.24, 2.45) is 0 Å². The van der Waals surface area contributed by atoms with Gasteiger partial charge in [0.25, 0.3) is 0 Å². The lowest BCUT2D eigenvalue weighted by molar-refractivity contribution is -0.305. The summed E-state index contributed by atoms with van der Waals surface area (Å²) in [5.41, 5.74) is 4.69. The minimum absolute atomic E-state index is 0.269. The maximum absolute atomic E-state index is 13.6. The van der Waals surface area contributed by atoms with E-state index in [9.17, 15) is 19.5 Å². The van der Waals surface area contributed by atoms with Crippen LogP contribution in [-0.2, 0) is 33.7 Å². The molecule has 0 spiro atoms. The Bertz CT molecular complexity index is 1040. The van der Waals surface area contributed by atoms with Crippen LogP contribution >= 0.6 is 0 Å². The average molecular weight is 437 g/mol. The zero-order valence-electron chi connectivity index (χ0n) is 18.1. The molecule has 1 saturated heterocycles. The first kappa shape index (κ1) is 22.0. The molecule has 2 heterocycles. The second-order valence-corrected chi connectivity index (χ2v) is 8.28. The van der Waals surface area contributed by atoms with Gasteiger partial charge in [-0.1, -0.05) is 18.2 Å². The van der Waals surface area contributed by atoms with Crippen molar-refractivity contribution in [3.63, 3.8) is 0 Å². The number of ether oxygens (including phenoxy) is 1. The Hall–Kier alpha value is -3.23. The van der Waals surface area contributed by atoms with Gasteiger partial charge in [-0.05, 0) is 48.2 Å². The predicted octanol–water partition coefficient (Wildman–Crippen LogP) is 1.14. The lowest BCUT2D eigenvalue weighted by Gasteiger charge is -2.32. The number of carbonyl (C=O) groups excluding carboxylic acids is 3. The number of amides is 2. The largest absolute Gasteiger partial charge is 0.544 e. The van der Waals surface area contributed by atoms with Crippen molar-refractivity contribution in [1.29, 1.82) is 0 Å². The number of carboxylic acid groups (broad SMARTS) is 1. The Labute approximate surface area is 187 Å². The summed E-state index contributed by atoms with van der Waals surface area (Å²) in [6.45, 7) is 2.00. The van der Waals surface area contributed by atoms with Crippen molar-refractivity contribution in [3.05, 3.63) is 59.2 Å². The molecular weight excluding hydrogens is 410 g/mol. The summed E-state index contributed by atoms with van der Waals surface area (Å²) in [5, 5.41) is 15.0. The number of urea groups is 1. The number of carbonyl (C=O) groups is 3. The number of rotatable bonds is 7. The van der Waals surface area contributed by atoms with Gasteiger partial charge >= 0.3 is 12.0 Å². The molecule has 1 atom stereocenters. The number of fused-ring (bicyclic) bond motifs is 1. The summed E-state index contributed by atoms with van der Waals surface area (Å²) in [6.07, 6.45) is 1.69. The highest BCUT2D eigenvalue weighted by Crippen LogP contribution is 2.34. The molecule has 0 aliphatic carbocycles. The molecule has 1 unspecified atom stereocenters. The van der Waals surface area contributed by atoms with Gasteiger partial charge in [0.1, 0.15) is 18.8 Å². The van der Waals surface area contributed by atoms with Gasteiger partial charge in [-0.25, -0.2) is 9.28 Å². The quantitative estimate of drug-likeness (QED) is 0.515. The monoisotopic (exact) mass is 437 g/mol. The Morgan fingerprint density at radius 2 is 1.94 bits per heavy atom. The second kappa shape index (κ2) is 9.10. The van der Waals surface area contributed by atoms with E-state index in [2.05, 4.69) is 10.1 Å². The van der Waals surface area contributed by atoms with Crippen molar-refractivity contribution in [3.8, 4) is 0 Å². The fourth-order valence-electron chi connectivity index (χ4n) is 4.55. The summed E-state index contributed by atoms with van der Waals surface area (Å²) in [7, 11) is 1.36. The number of hydrogen-bond acceptors (Lipinski definition) is 6. The average Bonchev–Trinajstić information content (AvgIpc) is 3.13. The van der Waals surface area contributed by atoms with Crippen LogP contribution in [0.5, 0.6) is 0 Å². The fraction of sp³-hybridized carbons (Fsp3) is 0.375. The standard InChI is InChI=1S/C24H27N3O5/c1-32-23(30)9-4-17-2-6-20(7-3-17)26-12-13-27(24(26)31,16-22(28)29)21-8-5-19-15-25-11-10-18(19)14-21/h2-3,5-8,14,25H,4,9-13,15-16H2,1H3. The summed E-state index contributed by atoms with van der Waals surface area (Å²) < 4.78 is 4.39. The van der Waals surface area contributed by atoms with Gasteiger partial charge < -0.3 is 20.0 Å². The minimum atomic E-state index is -1.25. The number of anilines is 1. The molecule has 168 valence electrons. The number of esters is 1. The lowest BCUT2D eigenvalue weighted by atomic mass is 9.99. The van der Waals surface area contributed by atoms with Crippen LogP contribution in [0, 0.1) is 0 Å². The van der Waals surface area contributed by atoms with Crippen molar-refractivity contribution in [1.82, 2.24) is 9.80 Å². The van der Waals surface area contributed by atoms with E-state index in [1.54, 1.807) is 4.90 Å². The van der Waals surface area contributed by atoms with E-state index >= 15 is 0 Å². The van der Waals surface area contributed by atoms with E-state index in [0.29, 0.717) is 30.9 Å². The predicted molar refractivity (Wildman–Crippen MR) is 118 cm³/mol. The van der Waals surface area contributed by atoms with Crippen molar-refractivity contribution in [2.75, 3.05) is 38.2 Å². The Morgan fingerprint density at radius 1 is 1.16 bits per heavy atom. The van der Waals surface area contributed by atoms with Crippen LogP contribution in [0.25, 0.3) is 0 Å². The molecule has 8 nitrogen and oxygen atoms in total. The van der Waals surface area contributed by atoms with Crippen molar-refractivity contribution >= 4 is 29.3 Å². The van der Waals surface area contributed by atoms with Gasteiger partial charge in [0.2, 0.25) is 0 Å². The van der Waals surface area contributed by atoms with Crippen LogP contribution < -0.4 is 19.8 Å². The molecule has 2 aliphatic rings. The molecule has 4 rings (SSSR count). The van der Waals surface area contributed by atoms with Crippen LogP contribution in [-0.4, -0.2) is 51.3 Å². The lowest BCUT2D eigenvalue weighted by Crippen LogP contribution is -2.58. The zero-order valence-corrected chi connectivity index (χ0v) is 18.1. The first-order valence-electron chi connectivity index (χ1n) is 10.8. The Kier molecular flexibility index (Phi) is 6.25. The van der Waals surface area contributed by atoms with E-state index in [4.69, 9.17) is 0 Å². The normalized spacial score (nSPS) is 20.2. The highest BCUT2D eigenvalue weighted by atomic mass is 16.5. The summed E-state index contributed by atoms with van der Waals surface area (Å²) >= 11 is 0. The van der Waals surface area contributed by atoms with Crippen molar-refractivity contribution in [2.45, 2.75) is 25.8 Å². The summed E-state index contributed by atoms with van der Waals surface area (Å²) in [6, 6.07) is 13.0.